The van der Waals surface area contributed by atoms with E-state index in [0.29, 0.717) is 5.46 Å². The lowest BCUT2D eigenvalue weighted by Gasteiger charge is -2.32. The van der Waals surface area contributed by atoms with Crippen LogP contribution in [0.4, 0.5) is 10.5 Å². The fourth-order valence-electron chi connectivity index (χ4n) is 5.17. The lowest BCUT2D eigenvalue weighted by molar-refractivity contribution is 0.142. The molecule has 0 saturated carbocycles. The van der Waals surface area contributed by atoms with Gasteiger partial charge >= 0.3 is 13.2 Å². The molecule has 180 valence electrons. The van der Waals surface area contributed by atoms with Crippen molar-refractivity contribution in [2.24, 2.45) is 0 Å². The fraction of sp³-hybridized carbons (Fsp3) is 0.296. The van der Waals surface area contributed by atoms with Crippen LogP contribution in [0, 0.1) is 6.92 Å². The van der Waals surface area contributed by atoms with Gasteiger partial charge in [0.05, 0.1) is 0 Å². The number of benzene rings is 3. The molecule has 7 nitrogen and oxygen atoms in total. The Balaban J connectivity index is 1.27. The Morgan fingerprint density at radius 3 is 2.31 bits per heavy atom. The van der Waals surface area contributed by atoms with Crippen molar-refractivity contribution in [3.8, 4) is 11.1 Å². The minimum Gasteiger partial charge on any atom is -0.449 e. The lowest BCUT2D eigenvalue weighted by atomic mass is 9.78. The van der Waals surface area contributed by atoms with E-state index in [0.717, 1.165) is 43.0 Å². The van der Waals surface area contributed by atoms with E-state index in [4.69, 9.17) is 4.74 Å². The Hall–Kier alpha value is -3.33. The molecule has 5 rings (SSSR count). The van der Waals surface area contributed by atoms with Crippen LogP contribution in [0.15, 0.2) is 60.7 Å². The molecule has 1 fully saturated rings. The van der Waals surface area contributed by atoms with Gasteiger partial charge in [0.1, 0.15) is 6.61 Å². The van der Waals surface area contributed by atoms with Gasteiger partial charge < -0.3 is 30.3 Å². The van der Waals surface area contributed by atoms with E-state index in [9.17, 15) is 14.8 Å². The highest BCUT2D eigenvalue weighted by Crippen LogP contribution is 2.44. The van der Waals surface area contributed by atoms with E-state index in [1.165, 1.54) is 22.3 Å². The molecule has 8 heteroatoms. The number of fused-ring (bicyclic) bond motifs is 3. The molecule has 1 aliphatic carbocycles. The molecule has 1 heterocycles. The summed E-state index contributed by atoms with van der Waals surface area (Å²) in [5.41, 5.74) is 7.92. The fourth-order valence-corrected chi connectivity index (χ4v) is 5.17. The van der Waals surface area contributed by atoms with E-state index in [1.807, 2.05) is 37.3 Å². The molecule has 1 aliphatic heterocycles. The van der Waals surface area contributed by atoms with Crippen LogP contribution in [0.5, 0.6) is 0 Å². The third-order valence-electron chi connectivity index (χ3n) is 7.03. The number of nitrogens with one attached hydrogen (secondary N) is 2. The van der Waals surface area contributed by atoms with Gasteiger partial charge in [-0.25, -0.2) is 4.79 Å². The van der Waals surface area contributed by atoms with Crippen molar-refractivity contribution in [3.63, 3.8) is 0 Å². The van der Waals surface area contributed by atoms with Gasteiger partial charge in [0.2, 0.25) is 0 Å². The maximum absolute atomic E-state index is 12.7. The third kappa shape index (κ3) is 4.78. The van der Waals surface area contributed by atoms with Gasteiger partial charge in [0.15, 0.2) is 0 Å². The second kappa shape index (κ2) is 10.1. The zero-order valence-corrected chi connectivity index (χ0v) is 19.8. The average molecular weight is 471 g/mol. The van der Waals surface area contributed by atoms with Crippen LogP contribution in [-0.4, -0.2) is 56.0 Å². The molecule has 2 aliphatic rings. The van der Waals surface area contributed by atoms with Gasteiger partial charge in [-0.05, 0) is 51.8 Å². The molecule has 35 heavy (non-hydrogen) atoms. The maximum Gasteiger partial charge on any atom is 0.488 e. The SMILES string of the molecule is Cc1c(CNC(=O)OCC2c3ccccc3-c3ccccc32)cc(B(O)O)cc1N1CCNCC1. The molecule has 3 aromatic carbocycles. The number of nitrogens with zero attached hydrogens (tertiary/aromatic N) is 1. The summed E-state index contributed by atoms with van der Waals surface area (Å²) in [6, 6.07) is 20.0. The molecule has 0 atom stereocenters. The number of piperazine rings is 1. The Kier molecular flexibility index (Phi) is 6.77. The Bertz CT molecular complexity index is 1180. The Morgan fingerprint density at radius 2 is 1.69 bits per heavy atom. The third-order valence-corrected chi connectivity index (χ3v) is 7.03. The minimum absolute atomic E-state index is 0.00191. The number of carbonyl (C=O) groups excluding carboxylic acids is 1. The first-order valence-corrected chi connectivity index (χ1v) is 12.1. The zero-order valence-electron chi connectivity index (χ0n) is 19.8. The van der Waals surface area contributed by atoms with Gasteiger partial charge in [0.25, 0.3) is 0 Å². The molecule has 0 radical (unpaired) electrons. The first kappa shape index (κ1) is 23.4. The summed E-state index contributed by atoms with van der Waals surface area (Å²) in [5, 5.41) is 25.8. The highest BCUT2D eigenvalue weighted by molar-refractivity contribution is 6.58. The highest BCUT2D eigenvalue weighted by Gasteiger charge is 2.29. The minimum atomic E-state index is -1.58. The summed E-state index contributed by atoms with van der Waals surface area (Å²) < 4.78 is 5.66. The van der Waals surface area contributed by atoms with Crippen LogP contribution in [0.2, 0.25) is 0 Å². The molecular formula is C27H30BN3O4. The molecule has 0 bridgehead atoms. The van der Waals surface area contributed by atoms with E-state index in [1.54, 1.807) is 6.07 Å². The second-order valence-corrected chi connectivity index (χ2v) is 9.11. The smallest absolute Gasteiger partial charge is 0.449 e. The molecule has 1 amide bonds. The van der Waals surface area contributed by atoms with Crippen LogP contribution in [0.3, 0.4) is 0 Å². The standard InChI is InChI=1S/C27H30BN3O4/c1-18-19(14-20(28(33)34)15-26(18)31-12-10-29-11-13-31)16-30-27(32)35-17-25-23-8-4-2-6-21(23)22-7-3-5-9-24(22)25/h2-9,14-15,25,29,33-34H,10-13,16-17H2,1H3,(H,30,32). The topological polar surface area (TPSA) is 94.1 Å². The number of hydrogen-bond donors (Lipinski definition) is 4. The van der Waals surface area contributed by atoms with E-state index in [2.05, 4.69) is 39.8 Å². The van der Waals surface area contributed by atoms with Crippen LogP contribution >= 0.6 is 0 Å². The van der Waals surface area contributed by atoms with Crippen molar-refractivity contribution >= 4 is 24.4 Å². The summed E-state index contributed by atoms with van der Waals surface area (Å²) in [5.74, 6) is 0.00191. The number of alkyl carbamates (subject to hydrolysis) is 1. The summed E-state index contributed by atoms with van der Waals surface area (Å²) in [4.78, 5) is 14.9. The Labute approximate surface area is 205 Å². The van der Waals surface area contributed by atoms with Crippen molar-refractivity contribution in [3.05, 3.63) is 82.9 Å². The van der Waals surface area contributed by atoms with E-state index >= 15 is 0 Å². The molecule has 0 aromatic heterocycles. The quantitative estimate of drug-likeness (QED) is 0.412. The summed E-state index contributed by atoms with van der Waals surface area (Å²) in [6.45, 7) is 5.91. The van der Waals surface area contributed by atoms with Crippen molar-refractivity contribution < 1.29 is 19.6 Å². The lowest BCUT2D eigenvalue weighted by Crippen LogP contribution is -2.44. The van der Waals surface area contributed by atoms with Gasteiger partial charge in [-0.15, -0.1) is 0 Å². The van der Waals surface area contributed by atoms with Crippen molar-refractivity contribution in [1.82, 2.24) is 10.6 Å². The van der Waals surface area contributed by atoms with Crippen LogP contribution in [0.25, 0.3) is 11.1 Å². The number of ether oxygens (including phenoxy) is 1. The van der Waals surface area contributed by atoms with Gasteiger partial charge in [-0.3, -0.25) is 0 Å². The molecule has 3 aromatic rings. The molecular weight excluding hydrogens is 441 g/mol. The van der Waals surface area contributed by atoms with Crippen LogP contribution in [0.1, 0.15) is 28.2 Å². The molecule has 4 N–H and O–H groups in total. The van der Waals surface area contributed by atoms with Crippen LogP contribution in [-0.2, 0) is 11.3 Å². The van der Waals surface area contributed by atoms with Gasteiger partial charge in [-0.2, -0.15) is 0 Å². The van der Waals surface area contributed by atoms with Crippen molar-refractivity contribution in [2.45, 2.75) is 19.4 Å². The van der Waals surface area contributed by atoms with E-state index in [-0.39, 0.29) is 19.1 Å². The predicted octanol–water partition coefficient (Wildman–Crippen LogP) is 2.12. The van der Waals surface area contributed by atoms with Crippen LogP contribution < -0.4 is 21.0 Å². The average Bonchev–Trinajstić information content (AvgIpc) is 3.21. The van der Waals surface area contributed by atoms with E-state index < -0.39 is 13.2 Å². The van der Waals surface area contributed by atoms with Gasteiger partial charge in [-0.1, -0.05) is 54.6 Å². The van der Waals surface area contributed by atoms with Gasteiger partial charge in [0, 0.05) is 44.3 Å². The molecule has 1 saturated heterocycles. The predicted molar refractivity (Wildman–Crippen MR) is 138 cm³/mol. The second-order valence-electron chi connectivity index (χ2n) is 9.11. The zero-order chi connectivity index (χ0) is 24.4. The van der Waals surface area contributed by atoms with Crippen molar-refractivity contribution in [2.75, 3.05) is 37.7 Å². The number of hydrogen-bond acceptors (Lipinski definition) is 6. The van der Waals surface area contributed by atoms with Crippen molar-refractivity contribution in [1.29, 1.82) is 0 Å². The monoisotopic (exact) mass is 471 g/mol. The summed E-state index contributed by atoms with van der Waals surface area (Å²) >= 11 is 0. The highest BCUT2D eigenvalue weighted by atomic mass is 16.5. The molecule has 0 spiro atoms. The summed E-state index contributed by atoms with van der Waals surface area (Å²) in [7, 11) is -1.58. The summed E-state index contributed by atoms with van der Waals surface area (Å²) in [6.07, 6.45) is -0.495. The maximum atomic E-state index is 12.7. The number of carbonyl (C=O) groups is 1. The number of rotatable bonds is 6. The first-order valence-electron chi connectivity index (χ1n) is 12.1. The normalized spacial score (nSPS) is 14.9. The largest absolute Gasteiger partial charge is 0.488 e. The number of amides is 1. The number of anilines is 1. The first-order chi connectivity index (χ1) is 17.0. The Morgan fingerprint density at radius 1 is 1.06 bits per heavy atom. The molecule has 0 unspecified atom stereocenters.